The zero-order valence-corrected chi connectivity index (χ0v) is 16.1. The van der Waals surface area contributed by atoms with Gasteiger partial charge in [-0.05, 0) is 37.1 Å². The van der Waals surface area contributed by atoms with E-state index in [-0.39, 0.29) is 30.1 Å². The molecule has 1 aromatic carbocycles. The van der Waals surface area contributed by atoms with Crippen molar-refractivity contribution in [3.63, 3.8) is 0 Å². The molecule has 0 aliphatic carbocycles. The average molecular weight is 433 g/mol. The van der Waals surface area contributed by atoms with Crippen LogP contribution in [0.1, 0.15) is 12.8 Å². The highest BCUT2D eigenvalue weighted by atomic mass is 32.2. The number of alkyl halides is 3. The van der Waals surface area contributed by atoms with Gasteiger partial charge in [0.25, 0.3) is 0 Å². The second kappa shape index (κ2) is 8.41. The Kier molecular flexibility index (Phi) is 6.13. The van der Waals surface area contributed by atoms with Crippen LogP contribution in [0, 0.1) is 0 Å². The van der Waals surface area contributed by atoms with Crippen LogP contribution in [-0.4, -0.2) is 55.4 Å². The molecule has 12 heteroatoms. The van der Waals surface area contributed by atoms with Gasteiger partial charge in [0.2, 0.25) is 15.9 Å². The van der Waals surface area contributed by atoms with E-state index < -0.39 is 22.1 Å². The van der Waals surface area contributed by atoms with E-state index in [9.17, 15) is 21.6 Å². The van der Waals surface area contributed by atoms with E-state index in [1.165, 1.54) is 17.6 Å². The lowest BCUT2D eigenvalue weighted by atomic mass is 10.1. The Morgan fingerprint density at radius 3 is 2.34 bits per heavy atom. The fourth-order valence-electron chi connectivity index (χ4n) is 2.81. The van der Waals surface area contributed by atoms with Crippen LogP contribution >= 0.6 is 0 Å². The molecule has 1 fully saturated rings. The first-order chi connectivity index (χ1) is 13.7. The van der Waals surface area contributed by atoms with Gasteiger partial charge in [0.1, 0.15) is 11.9 Å². The molecular formula is C17H18F3N3O5S. The number of rotatable bonds is 6. The van der Waals surface area contributed by atoms with Crippen molar-refractivity contribution in [3.8, 4) is 17.6 Å². The largest absolute Gasteiger partial charge is 0.573 e. The molecular weight excluding hydrogens is 415 g/mol. The van der Waals surface area contributed by atoms with Crippen molar-refractivity contribution in [3.05, 3.63) is 36.5 Å². The predicted octanol–water partition coefficient (Wildman–Crippen LogP) is 2.62. The van der Waals surface area contributed by atoms with Gasteiger partial charge < -0.3 is 14.2 Å². The first-order valence-corrected chi connectivity index (χ1v) is 10.0. The van der Waals surface area contributed by atoms with Crippen LogP contribution < -0.4 is 14.2 Å². The summed E-state index contributed by atoms with van der Waals surface area (Å²) < 4.78 is 77.8. The minimum absolute atomic E-state index is 0.105. The molecule has 1 saturated heterocycles. The highest BCUT2D eigenvalue weighted by molar-refractivity contribution is 7.89. The molecule has 158 valence electrons. The number of halogens is 3. The summed E-state index contributed by atoms with van der Waals surface area (Å²) in [5, 5.41) is 0. The molecule has 0 radical (unpaired) electrons. The monoisotopic (exact) mass is 433 g/mol. The molecule has 29 heavy (non-hydrogen) atoms. The Balaban J connectivity index is 1.60. The van der Waals surface area contributed by atoms with Gasteiger partial charge in [-0.15, -0.1) is 13.2 Å². The maximum absolute atomic E-state index is 12.7. The van der Waals surface area contributed by atoms with Crippen LogP contribution in [0.4, 0.5) is 13.2 Å². The van der Waals surface area contributed by atoms with Crippen molar-refractivity contribution in [2.24, 2.45) is 0 Å². The first-order valence-electron chi connectivity index (χ1n) is 8.57. The molecule has 0 spiro atoms. The summed E-state index contributed by atoms with van der Waals surface area (Å²) in [5.74, 6) is -0.151. The van der Waals surface area contributed by atoms with E-state index >= 15 is 0 Å². The number of hydrogen-bond donors (Lipinski definition) is 0. The van der Waals surface area contributed by atoms with Crippen LogP contribution in [0.3, 0.4) is 0 Å². The zero-order valence-electron chi connectivity index (χ0n) is 15.3. The molecule has 1 aromatic heterocycles. The maximum atomic E-state index is 12.7. The van der Waals surface area contributed by atoms with Crippen molar-refractivity contribution in [1.82, 2.24) is 14.3 Å². The Hall–Kier alpha value is -2.60. The van der Waals surface area contributed by atoms with Crippen molar-refractivity contribution >= 4 is 10.0 Å². The number of sulfonamides is 1. The molecule has 0 unspecified atom stereocenters. The third-order valence-corrected chi connectivity index (χ3v) is 6.09. The molecule has 3 rings (SSSR count). The van der Waals surface area contributed by atoms with Crippen molar-refractivity contribution in [2.75, 3.05) is 20.2 Å². The zero-order chi connectivity index (χ0) is 21.1. The smallest absolute Gasteiger partial charge is 0.474 e. The van der Waals surface area contributed by atoms with Crippen LogP contribution in [0.5, 0.6) is 17.6 Å². The van der Waals surface area contributed by atoms with Crippen LogP contribution in [0.15, 0.2) is 41.4 Å². The van der Waals surface area contributed by atoms with Gasteiger partial charge in [0, 0.05) is 25.4 Å². The van der Waals surface area contributed by atoms with E-state index in [4.69, 9.17) is 9.47 Å². The second-order valence-electron chi connectivity index (χ2n) is 6.12. The molecule has 2 heterocycles. The Morgan fingerprint density at radius 2 is 1.76 bits per heavy atom. The summed E-state index contributed by atoms with van der Waals surface area (Å²) in [4.78, 5) is 7.83. The number of piperidine rings is 1. The van der Waals surface area contributed by atoms with Crippen molar-refractivity contribution in [2.45, 2.75) is 30.2 Å². The summed E-state index contributed by atoms with van der Waals surface area (Å²) in [7, 11) is -2.40. The Bertz CT molecular complexity index is 930. The van der Waals surface area contributed by atoms with Gasteiger partial charge in [0.15, 0.2) is 0 Å². The van der Waals surface area contributed by atoms with Crippen molar-refractivity contribution < 1.29 is 35.8 Å². The minimum Gasteiger partial charge on any atom is -0.474 e. The minimum atomic E-state index is -4.84. The van der Waals surface area contributed by atoms with Gasteiger partial charge >= 0.3 is 12.4 Å². The molecule has 0 atom stereocenters. The van der Waals surface area contributed by atoms with Gasteiger partial charge in [-0.25, -0.2) is 13.4 Å². The average Bonchev–Trinajstić information content (AvgIpc) is 2.68. The molecule has 2 aromatic rings. The fraction of sp³-hybridized carbons (Fsp3) is 0.412. The van der Waals surface area contributed by atoms with E-state index in [1.54, 1.807) is 6.07 Å². The third-order valence-electron chi connectivity index (χ3n) is 4.17. The Morgan fingerprint density at radius 1 is 1.10 bits per heavy atom. The summed E-state index contributed by atoms with van der Waals surface area (Å²) in [5.41, 5.74) is 0. The first kappa shape index (κ1) is 21.1. The van der Waals surface area contributed by atoms with Crippen molar-refractivity contribution in [1.29, 1.82) is 0 Å². The maximum Gasteiger partial charge on any atom is 0.573 e. The van der Waals surface area contributed by atoms with Gasteiger partial charge in [-0.2, -0.15) is 9.29 Å². The van der Waals surface area contributed by atoms with Gasteiger partial charge in [0.05, 0.1) is 12.0 Å². The normalized spacial score (nSPS) is 16.4. The molecule has 0 N–H and O–H groups in total. The lowest BCUT2D eigenvalue weighted by molar-refractivity contribution is -0.274. The highest BCUT2D eigenvalue weighted by Crippen LogP contribution is 2.27. The molecule has 1 aliphatic heterocycles. The summed E-state index contributed by atoms with van der Waals surface area (Å²) in [6, 6.07) is 5.87. The number of benzene rings is 1. The SMILES string of the molecule is COc1nccc(OC2CCN(S(=O)(=O)c3ccc(OC(F)(F)F)cc3)CC2)n1. The van der Waals surface area contributed by atoms with Gasteiger partial charge in [-0.3, -0.25) is 0 Å². The van der Waals surface area contributed by atoms with Crippen LogP contribution in [0.25, 0.3) is 0 Å². The Labute approximate surface area is 165 Å². The van der Waals surface area contributed by atoms with Crippen LogP contribution in [-0.2, 0) is 10.0 Å². The highest BCUT2D eigenvalue weighted by Gasteiger charge is 2.32. The van der Waals surface area contributed by atoms with E-state index in [0.29, 0.717) is 18.7 Å². The summed E-state index contributed by atoms with van der Waals surface area (Å²) in [6.07, 6.45) is -2.71. The number of aromatic nitrogens is 2. The predicted molar refractivity (Wildman–Crippen MR) is 94.1 cm³/mol. The lowest BCUT2D eigenvalue weighted by Gasteiger charge is -2.31. The van der Waals surface area contributed by atoms with E-state index in [1.807, 2.05) is 0 Å². The summed E-state index contributed by atoms with van der Waals surface area (Å²) >= 11 is 0. The topological polar surface area (TPSA) is 90.9 Å². The molecule has 0 saturated carbocycles. The number of methoxy groups -OCH3 is 1. The second-order valence-corrected chi connectivity index (χ2v) is 8.06. The standard InChI is InChI=1S/C17H18F3N3O5S/c1-26-16-21-9-6-15(22-16)27-12-7-10-23(11-8-12)29(24,25)14-4-2-13(3-5-14)28-17(18,19)20/h2-6,9,12H,7-8,10-11H2,1H3. The molecule has 1 aliphatic rings. The molecule has 0 bridgehead atoms. The van der Waals surface area contributed by atoms with E-state index in [0.717, 1.165) is 24.3 Å². The number of nitrogens with zero attached hydrogens (tertiary/aromatic N) is 3. The quantitative estimate of drug-likeness (QED) is 0.692. The summed E-state index contributed by atoms with van der Waals surface area (Å²) in [6.45, 7) is 0.409. The van der Waals surface area contributed by atoms with Crippen LogP contribution in [0.2, 0.25) is 0 Å². The lowest BCUT2D eigenvalue weighted by Crippen LogP contribution is -2.41. The molecule has 0 amide bonds. The fourth-order valence-corrected chi connectivity index (χ4v) is 4.28. The van der Waals surface area contributed by atoms with Gasteiger partial charge in [-0.1, -0.05) is 0 Å². The number of ether oxygens (including phenoxy) is 3. The molecule has 8 nitrogen and oxygen atoms in total. The van der Waals surface area contributed by atoms with E-state index in [2.05, 4.69) is 14.7 Å². The third kappa shape index (κ3) is 5.48. The number of hydrogen-bond acceptors (Lipinski definition) is 7.